The minimum atomic E-state index is -0.194. The molecular weight excluding hydrogens is 265 g/mol. The van der Waals surface area contributed by atoms with E-state index in [2.05, 4.69) is 10.3 Å². The summed E-state index contributed by atoms with van der Waals surface area (Å²) in [7, 11) is 0. The van der Waals surface area contributed by atoms with Crippen molar-refractivity contribution in [3.63, 3.8) is 0 Å². The fourth-order valence-corrected chi connectivity index (χ4v) is 2.21. The molecular formula is C17H16FN3. The van der Waals surface area contributed by atoms with Crippen LogP contribution in [0.2, 0.25) is 0 Å². The third-order valence-electron chi connectivity index (χ3n) is 3.28. The van der Waals surface area contributed by atoms with Gasteiger partial charge in [0.1, 0.15) is 5.82 Å². The summed E-state index contributed by atoms with van der Waals surface area (Å²) in [6, 6.07) is 16.6. The normalized spacial score (nSPS) is 10.5. The molecule has 0 amide bonds. The molecule has 2 aromatic carbocycles. The maximum atomic E-state index is 13.2. The summed E-state index contributed by atoms with van der Waals surface area (Å²) >= 11 is 0. The Morgan fingerprint density at radius 1 is 1.05 bits per heavy atom. The van der Waals surface area contributed by atoms with Gasteiger partial charge in [-0.25, -0.2) is 9.37 Å². The summed E-state index contributed by atoms with van der Waals surface area (Å²) in [5.74, 6) is 0.596. The van der Waals surface area contributed by atoms with Gasteiger partial charge < -0.3 is 9.88 Å². The molecule has 0 saturated carbocycles. The Morgan fingerprint density at radius 2 is 1.90 bits per heavy atom. The first kappa shape index (κ1) is 13.4. The first-order valence-electron chi connectivity index (χ1n) is 6.89. The Morgan fingerprint density at radius 3 is 2.71 bits per heavy atom. The van der Waals surface area contributed by atoms with E-state index in [0.29, 0.717) is 0 Å². The second kappa shape index (κ2) is 6.22. The van der Waals surface area contributed by atoms with Gasteiger partial charge in [-0.3, -0.25) is 0 Å². The van der Waals surface area contributed by atoms with Gasteiger partial charge in [-0.2, -0.15) is 0 Å². The lowest BCUT2D eigenvalue weighted by molar-refractivity contribution is 0.622. The maximum absolute atomic E-state index is 13.2. The summed E-state index contributed by atoms with van der Waals surface area (Å²) < 4.78 is 15.2. The summed E-state index contributed by atoms with van der Waals surface area (Å²) in [6.45, 7) is 0.749. The van der Waals surface area contributed by atoms with Gasteiger partial charge in [-0.15, -0.1) is 0 Å². The molecule has 0 atom stereocenters. The Hall–Kier alpha value is -2.62. The summed E-state index contributed by atoms with van der Waals surface area (Å²) in [5, 5.41) is 3.28. The molecule has 0 unspecified atom stereocenters. The van der Waals surface area contributed by atoms with Crippen LogP contribution in [0.25, 0.3) is 0 Å². The highest BCUT2D eigenvalue weighted by Crippen LogP contribution is 2.15. The zero-order chi connectivity index (χ0) is 14.5. The average molecular weight is 281 g/mol. The fourth-order valence-electron chi connectivity index (χ4n) is 2.21. The fraction of sp³-hybridized carbons (Fsp3) is 0.118. The third-order valence-corrected chi connectivity index (χ3v) is 3.28. The Balaban J connectivity index is 1.68. The van der Waals surface area contributed by atoms with Gasteiger partial charge in [-0.05, 0) is 36.2 Å². The first-order valence-corrected chi connectivity index (χ1v) is 6.89. The predicted molar refractivity (Wildman–Crippen MR) is 82.1 cm³/mol. The van der Waals surface area contributed by atoms with Crippen molar-refractivity contribution in [1.29, 1.82) is 0 Å². The highest BCUT2D eigenvalue weighted by molar-refractivity contribution is 5.53. The lowest BCUT2D eigenvalue weighted by Gasteiger charge is -2.10. The summed E-state index contributed by atoms with van der Waals surface area (Å²) in [4.78, 5) is 4.32. The number of rotatable bonds is 5. The molecule has 0 spiro atoms. The molecule has 106 valence electrons. The second-order valence-corrected chi connectivity index (χ2v) is 4.82. The zero-order valence-electron chi connectivity index (χ0n) is 11.5. The Bertz CT molecular complexity index is 707. The molecule has 1 aromatic heterocycles. The van der Waals surface area contributed by atoms with Crippen molar-refractivity contribution >= 4 is 11.6 Å². The van der Waals surface area contributed by atoms with E-state index in [-0.39, 0.29) is 5.82 Å². The molecule has 21 heavy (non-hydrogen) atoms. The van der Waals surface area contributed by atoms with Gasteiger partial charge in [0.05, 0.1) is 0 Å². The van der Waals surface area contributed by atoms with Crippen molar-refractivity contribution in [1.82, 2.24) is 9.55 Å². The minimum Gasteiger partial charge on any atom is -0.326 e. The van der Waals surface area contributed by atoms with Crippen LogP contribution >= 0.6 is 0 Å². The van der Waals surface area contributed by atoms with Crippen LogP contribution in [0.15, 0.2) is 67.0 Å². The van der Waals surface area contributed by atoms with Crippen LogP contribution in [-0.4, -0.2) is 9.55 Å². The lowest BCUT2D eigenvalue weighted by atomic mass is 10.1. The number of benzene rings is 2. The number of hydrogen-bond donors (Lipinski definition) is 1. The molecule has 0 saturated heterocycles. The molecule has 4 heteroatoms. The van der Waals surface area contributed by atoms with Crippen molar-refractivity contribution in [3.05, 3.63) is 78.4 Å². The van der Waals surface area contributed by atoms with Crippen LogP contribution in [0.4, 0.5) is 16.0 Å². The largest absolute Gasteiger partial charge is 0.326 e. The standard InChI is InChI=1S/C17H16FN3/c18-15-6-4-5-14(13-15)9-11-21-12-10-19-17(21)20-16-7-2-1-3-8-16/h1-8,10,12-13H,9,11H2,(H,19,20). The van der Waals surface area contributed by atoms with Gasteiger partial charge in [0.15, 0.2) is 0 Å². The van der Waals surface area contributed by atoms with E-state index < -0.39 is 0 Å². The van der Waals surface area contributed by atoms with Crippen LogP contribution in [0.3, 0.4) is 0 Å². The van der Waals surface area contributed by atoms with Gasteiger partial charge in [0, 0.05) is 24.6 Å². The van der Waals surface area contributed by atoms with Crippen LogP contribution in [0.5, 0.6) is 0 Å². The number of aromatic nitrogens is 2. The highest BCUT2D eigenvalue weighted by atomic mass is 19.1. The molecule has 1 N–H and O–H groups in total. The highest BCUT2D eigenvalue weighted by Gasteiger charge is 2.03. The Labute approximate surface area is 123 Å². The van der Waals surface area contributed by atoms with E-state index in [1.54, 1.807) is 18.3 Å². The lowest BCUT2D eigenvalue weighted by Crippen LogP contribution is -2.05. The number of anilines is 2. The van der Waals surface area contributed by atoms with Crippen LogP contribution in [-0.2, 0) is 13.0 Å². The van der Waals surface area contributed by atoms with Crippen LogP contribution < -0.4 is 5.32 Å². The molecule has 0 aliphatic carbocycles. The molecule has 0 bridgehead atoms. The van der Waals surface area contributed by atoms with Crippen molar-refractivity contribution in [3.8, 4) is 0 Å². The van der Waals surface area contributed by atoms with Gasteiger partial charge >= 0.3 is 0 Å². The monoisotopic (exact) mass is 281 g/mol. The Kier molecular flexibility index (Phi) is 3.96. The van der Waals surface area contributed by atoms with Crippen molar-refractivity contribution in [2.75, 3.05) is 5.32 Å². The molecule has 0 aliphatic heterocycles. The van der Waals surface area contributed by atoms with Gasteiger partial charge in [0.2, 0.25) is 5.95 Å². The zero-order valence-corrected chi connectivity index (χ0v) is 11.5. The van der Waals surface area contributed by atoms with Crippen LogP contribution in [0.1, 0.15) is 5.56 Å². The van der Waals surface area contributed by atoms with Gasteiger partial charge in [0.25, 0.3) is 0 Å². The van der Waals surface area contributed by atoms with Crippen molar-refractivity contribution in [2.45, 2.75) is 13.0 Å². The number of imidazole rings is 1. The quantitative estimate of drug-likeness (QED) is 0.766. The number of aryl methyl sites for hydroxylation is 2. The number of halogens is 1. The van der Waals surface area contributed by atoms with E-state index >= 15 is 0 Å². The topological polar surface area (TPSA) is 29.9 Å². The van der Waals surface area contributed by atoms with E-state index in [1.165, 1.54) is 6.07 Å². The van der Waals surface area contributed by atoms with E-state index in [9.17, 15) is 4.39 Å². The van der Waals surface area contributed by atoms with Crippen molar-refractivity contribution in [2.24, 2.45) is 0 Å². The minimum absolute atomic E-state index is 0.194. The number of nitrogens with one attached hydrogen (secondary N) is 1. The molecule has 3 nitrogen and oxygen atoms in total. The molecule has 0 fully saturated rings. The SMILES string of the molecule is Fc1cccc(CCn2ccnc2Nc2ccccc2)c1. The molecule has 0 aliphatic rings. The van der Waals surface area contributed by atoms with E-state index in [1.807, 2.05) is 47.2 Å². The maximum Gasteiger partial charge on any atom is 0.207 e. The van der Waals surface area contributed by atoms with Crippen molar-refractivity contribution < 1.29 is 4.39 Å². The molecule has 3 aromatic rings. The summed E-state index contributed by atoms with van der Waals surface area (Å²) in [5.41, 5.74) is 1.98. The number of para-hydroxylation sites is 1. The van der Waals surface area contributed by atoms with Gasteiger partial charge in [-0.1, -0.05) is 30.3 Å². The van der Waals surface area contributed by atoms with Crippen LogP contribution in [0, 0.1) is 5.82 Å². The third kappa shape index (κ3) is 3.48. The number of hydrogen-bond acceptors (Lipinski definition) is 2. The second-order valence-electron chi connectivity index (χ2n) is 4.82. The van der Waals surface area contributed by atoms with E-state index in [4.69, 9.17) is 0 Å². The predicted octanol–water partition coefficient (Wildman–Crippen LogP) is 4.01. The summed E-state index contributed by atoms with van der Waals surface area (Å²) in [6.07, 6.45) is 4.44. The van der Waals surface area contributed by atoms with E-state index in [0.717, 1.165) is 30.2 Å². The average Bonchev–Trinajstić information content (AvgIpc) is 2.93. The molecule has 1 heterocycles. The first-order chi connectivity index (χ1) is 10.3. The molecule has 3 rings (SSSR count). The molecule has 0 radical (unpaired) electrons. The smallest absolute Gasteiger partial charge is 0.207 e. The number of nitrogens with zero attached hydrogens (tertiary/aromatic N) is 2.